The Morgan fingerprint density at radius 3 is 2.68 bits per heavy atom. The molecule has 1 aromatic heterocycles. The van der Waals surface area contributed by atoms with Gasteiger partial charge in [0.25, 0.3) is 15.9 Å². The molecule has 2 aliphatic heterocycles. The molecule has 3 heterocycles. The second kappa shape index (κ2) is 9.51. The maximum absolute atomic E-state index is 14.3. The number of rotatable bonds is 6. The highest BCUT2D eigenvalue weighted by atomic mass is 32.2. The largest absolute Gasteiger partial charge is 0.376 e. The number of carbonyl (C=O) groups excluding carboxylic acids is 1. The monoisotopic (exact) mass is 537 g/mol. The van der Waals surface area contributed by atoms with Crippen molar-refractivity contribution in [1.29, 1.82) is 0 Å². The SMILES string of the molecule is O=C(c1ccc(S(=O)(=O)N2CCc3ccccc32)cc1)N(CC1CCCO1)c1nc2c(F)cccc2s1. The minimum Gasteiger partial charge on any atom is -0.376 e. The van der Waals surface area contributed by atoms with Gasteiger partial charge >= 0.3 is 0 Å². The molecule has 0 bridgehead atoms. The number of sulfonamides is 1. The van der Waals surface area contributed by atoms with E-state index in [0.29, 0.717) is 40.7 Å². The highest BCUT2D eigenvalue weighted by Crippen LogP contribution is 2.34. The molecule has 0 spiro atoms. The third-order valence-corrected chi connectivity index (χ3v) is 9.65. The lowest BCUT2D eigenvalue weighted by molar-refractivity contribution is 0.0917. The van der Waals surface area contributed by atoms with E-state index in [1.54, 1.807) is 12.1 Å². The number of ether oxygens (including phenoxy) is 1. The van der Waals surface area contributed by atoms with E-state index in [2.05, 4.69) is 4.98 Å². The molecule has 3 aromatic carbocycles. The van der Waals surface area contributed by atoms with E-state index in [4.69, 9.17) is 4.74 Å². The van der Waals surface area contributed by atoms with Crippen LogP contribution in [0.5, 0.6) is 0 Å². The molecule has 0 N–H and O–H groups in total. The average Bonchev–Trinajstić information content (AvgIpc) is 3.67. The van der Waals surface area contributed by atoms with Crippen LogP contribution in [0.2, 0.25) is 0 Å². The van der Waals surface area contributed by atoms with Crippen LogP contribution in [0.1, 0.15) is 28.8 Å². The normalized spacial score (nSPS) is 17.3. The lowest BCUT2D eigenvalue weighted by Gasteiger charge is -2.23. The van der Waals surface area contributed by atoms with Gasteiger partial charge in [0.1, 0.15) is 11.3 Å². The molecule has 0 radical (unpaired) electrons. The molecule has 1 fully saturated rings. The lowest BCUT2D eigenvalue weighted by atomic mass is 10.2. The van der Waals surface area contributed by atoms with Crippen LogP contribution < -0.4 is 9.21 Å². The number of benzene rings is 3. The first-order chi connectivity index (χ1) is 17.9. The van der Waals surface area contributed by atoms with Gasteiger partial charge in [-0.3, -0.25) is 14.0 Å². The van der Waals surface area contributed by atoms with Crippen molar-refractivity contribution in [2.75, 3.05) is 28.9 Å². The number of hydrogen-bond donors (Lipinski definition) is 0. The number of nitrogens with zero attached hydrogens (tertiary/aromatic N) is 3. The van der Waals surface area contributed by atoms with Crippen molar-refractivity contribution >= 4 is 48.3 Å². The fourth-order valence-corrected chi connectivity index (χ4v) is 7.36. The van der Waals surface area contributed by atoms with Crippen molar-refractivity contribution in [2.45, 2.75) is 30.3 Å². The number of halogens is 1. The van der Waals surface area contributed by atoms with Crippen LogP contribution >= 0.6 is 11.3 Å². The molecule has 0 saturated carbocycles. The van der Waals surface area contributed by atoms with Crippen LogP contribution in [0.4, 0.5) is 15.2 Å². The number of anilines is 2. The summed E-state index contributed by atoms with van der Waals surface area (Å²) in [7, 11) is -3.77. The van der Waals surface area contributed by atoms with Crippen LogP contribution in [-0.4, -0.2) is 45.1 Å². The number of aromatic nitrogens is 1. The van der Waals surface area contributed by atoms with E-state index in [-0.39, 0.29) is 29.0 Å². The van der Waals surface area contributed by atoms with Crippen LogP contribution in [-0.2, 0) is 21.2 Å². The molecule has 37 heavy (non-hydrogen) atoms. The first-order valence-corrected chi connectivity index (χ1v) is 14.4. The van der Waals surface area contributed by atoms with Crippen molar-refractivity contribution in [3.63, 3.8) is 0 Å². The lowest BCUT2D eigenvalue weighted by Crippen LogP contribution is -2.37. The van der Waals surface area contributed by atoms with Gasteiger partial charge in [-0.2, -0.15) is 0 Å². The Morgan fingerprint density at radius 2 is 1.92 bits per heavy atom. The molecule has 4 aromatic rings. The fourth-order valence-electron chi connectivity index (χ4n) is 4.87. The maximum Gasteiger partial charge on any atom is 0.264 e. The number of amides is 1. The molecular formula is C27H24FN3O4S2. The first-order valence-electron chi connectivity index (χ1n) is 12.1. The molecule has 190 valence electrons. The molecule has 1 unspecified atom stereocenters. The number of hydrogen-bond acceptors (Lipinski definition) is 6. The number of carbonyl (C=O) groups is 1. The second-order valence-electron chi connectivity index (χ2n) is 9.11. The Kier molecular flexibility index (Phi) is 6.18. The smallest absolute Gasteiger partial charge is 0.264 e. The van der Waals surface area contributed by atoms with E-state index in [9.17, 15) is 17.6 Å². The van der Waals surface area contributed by atoms with E-state index < -0.39 is 15.8 Å². The van der Waals surface area contributed by atoms with Gasteiger partial charge in [0.2, 0.25) is 0 Å². The van der Waals surface area contributed by atoms with Crippen LogP contribution in [0.3, 0.4) is 0 Å². The summed E-state index contributed by atoms with van der Waals surface area (Å²) in [6.07, 6.45) is 2.24. The third kappa shape index (κ3) is 4.39. The maximum atomic E-state index is 14.3. The summed E-state index contributed by atoms with van der Waals surface area (Å²) in [5.41, 5.74) is 2.22. The zero-order chi connectivity index (χ0) is 25.6. The zero-order valence-corrected chi connectivity index (χ0v) is 21.5. The molecule has 2 aliphatic rings. The van der Waals surface area contributed by atoms with Crippen LogP contribution in [0, 0.1) is 5.82 Å². The highest BCUT2D eigenvalue weighted by molar-refractivity contribution is 7.92. The minimum atomic E-state index is -3.77. The summed E-state index contributed by atoms with van der Waals surface area (Å²) in [5.74, 6) is -0.784. The van der Waals surface area contributed by atoms with Gasteiger partial charge in [-0.1, -0.05) is 35.6 Å². The molecule has 1 amide bonds. The number of fused-ring (bicyclic) bond motifs is 2. The van der Waals surface area contributed by atoms with Gasteiger partial charge in [-0.25, -0.2) is 17.8 Å². The van der Waals surface area contributed by atoms with Crippen LogP contribution in [0.25, 0.3) is 10.2 Å². The standard InChI is InChI=1S/C27H24FN3O4S2/c28-22-7-3-9-24-25(22)29-27(36-24)30(17-20-6-4-16-35-20)26(32)19-10-12-21(13-11-19)37(33,34)31-15-14-18-5-1-2-8-23(18)31/h1-3,5,7-13,20H,4,6,14-17H2. The van der Waals surface area contributed by atoms with Crippen LogP contribution in [0.15, 0.2) is 71.6 Å². The average molecular weight is 538 g/mol. The Hall–Kier alpha value is -3.34. The van der Waals surface area contributed by atoms with Crippen molar-refractivity contribution in [3.05, 3.63) is 83.7 Å². The Labute approximate surface area is 218 Å². The van der Waals surface area contributed by atoms with Gasteiger partial charge in [-0.15, -0.1) is 0 Å². The second-order valence-corrected chi connectivity index (χ2v) is 12.0. The third-order valence-electron chi connectivity index (χ3n) is 6.78. The van der Waals surface area contributed by atoms with E-state index in [1.165, 1.54) is 50.9 Å². The summed E-state index contributed by atoms with van der Waals surface area (Å²) in [6.45, 7) is 1.30. The van der Waals surface area contributed by atoms with Crippen molar-refractivity contribution < 1.29 is 22.3 Å². The highest BCUT2D eigenvalue weighted by Gasteiger charge is 2.32. The molecule has 7 nitrogen and oxygen atoms in total. The van der Waals surface area contributed by atoms with E-state index in [1.807, 2.05) is 24.3 Å². The number of para-hydroxylation sites is 2. The molecule has 0 aliphatic carbocycles. The van der Waals surface area contributed by atoms with Gasteiger partial charge in [-0.05, 0) is 67.3 Å². The Balaban J connectivity index is 1.30. The molecule has 1 atom stereocenters. The Morgan fingerprint density at radius 1 is 1.11 bits per heavy atom. The summed E-state index contributed by atoms with van der Waals surface area (Å²) in [4.78, 5) is 19.7. The zero-order valence-electron chi connectivity index (χ0n) is 19.8. The van der Waals surface area contributed by atoms with Crippen molar-refractivity contribution in [3.8, 4) is 0 Å². The van der Waals surface area contributed by atoms with E-state index >= 15 is 0 Å². The molecule has 1 saturated heterocycles. The van der Waals surface area contributed by atoms with Gasteiger partial charge in [0.05, 0.1) is 27.9 Å². The van der Waals surface area contributed by atoms with Crippen molar-refractivity contribution in [2.24, 2.45) is 0 Å². The summed E-state index contributed by atoms with van der Waals surface area (Å²) >= 11 is 1.24. The minimum absolute atomic E-state index is 0.119. The molecule has 6 rings (SSSR count). The summed E-state index contributed by atoms with van der Waals surface area (Å²) < 4.78 is 48.9. The van der Waals surface area contributed by atoms with Gasteiger partial charge in [0, 0.05) is 18.7 Å². The van der Waals surface area contributed by atoms with Gasteiger partial charge < -0.3 is 4.74 Å². The fraction of sp³-hybridized carbons (Fsp3) is 0.259. The summed E-state index contributed by atoms with van der Waals surface area (Å²) in [5, 5.41) is 0.381. The van der Waals surface area contributed by atoms with Crippen molar-refractivity contribution in [1.82, 2.24) is 4.98 Å². The number of thiazole rings is 1. The predicted octanol–water partition coefficient (Wildman–Crippen LogP) is 5.01. The predicted molar refractivity (Wildman–Crippen MR) is 141 cm³/mol. The quantitative estimate of drug-likeness (QED) is 0.345. The topological polar surface area (TPSA) is 79.8 Å². The summed E-state index contributed by atoms with van der Waals surface area (Å²) in [6, 6.07) is 18.2. The molecular weight excluding hydrogens is 513 g/mol. The van der Waals surface area contributed by atoms with E-state index in [0.717, 1.165) is 18.4 Å². The van der Waals surface area contributed by atoms with Gasteiger partial charge in [0.15, 0.2) is 5.13 Å². The Bertz CT molecular complexity index is 1580. The molecule has 10 heteroatoms. The first kappa shape index (κ1) is 24.0.